The van der Waals surface area contributed by atoms with E-state index in [0.29, 0.717) is 30.7 Å². The van der Waals surface area contributed by atoms with Gasteiger partial charge in [-0.25, -0.2) is 14.3 Å². The number of benzene rings is 1. The van der Waals surface area contributed by atoms with Crippen molar-refractivity contribution in [3.05, 3.63) is 64.1 Å². The first-order chi connectivity index (χ1) is 12.4. The van der Waals surface area contributed by atoms with Crippen LogP contribution in [-0.2, 0) is 13.0 Å². The van der Waals surface area contributed by atoms with Gasteiger partial charge in [0, 0.05) is 25.4 Å². The average molecular weight is 350 g/mol. The molecule has 1 amide bonds. The SMILES string of the molecule is Cc1cc2ncc(C(=O)N3CCc4ccc(C(=O)O)cc4C3)c(C)n2n1. The largest absolute Gasteiger partial charge is 0.478 e. The summed E-state index contributed by atoms with van der Waals surface area (Å²) in [5, 5.41) is 13.6. The van der Waals surface area contributed by atoms with Crippen LogP contribution >= 0.6 is 0 Å². The number of aromatic carboxylic acids is 1. The van der Waals surface area contributed by atoms with E-state index in [1.807, 2.05) is 26.0 Å². The van der Waals surface area contributed by atoms with Crippen LogP contribution in [0.25, 0.3) is 5.65 Å². The third-order valence-corrected chi connectivity index (χ3v) is 4.83. The van der Waals surface area contributed by atoms with E-state index in [1.54, 1.807) is 27.7 Å². The number of aryl methyl sites for hydroxylation is 2. The molecule has 132 valence electrons. The molecule has 1 N–H and O–H groups in total. The number of hydrogen-bond acceptors (Lipinski definition) is 4. The minimum Gasteiger partial charge on any atom is -0.478 e. The lowest BCUT2D eigenvalue weighted by molar-refractivity contribution is 0.0696. The van der Waals surface area contributed by atoms with Gasteiger partial charge in [0.05, 0.1) is 22.5 Å². The van der Waals surface area contributed by atoms with Crippen molar-refractivity contribution in [2.75, 3.05) is 6.54 Å². The predicted octanol–water partition coefficient (Wildman–Crippen LogP) is 2.24. The number of aromatic nitrogens is 3. The molecular weight excluding hydrogens is 332 g/mol. The number of carboxylic acid groups (broad SMARTS) is 1. The molecule has 0 saturated heterocycles. The Hall–Kier alpha value is -3.22. The van der Waals surface area contributed by atoms with Crippen molar-refractivity contribution in [3.63, 3.8) is 0 Å². The van der Waals surface area contributed by atoms with Crippen LogP contribution in [0.3, 0.4) is 0 Å². The Labute approximate surface area is 149 Å². The van der Waals surface area contributed by atoms with Gasteiger partial charge in [0.15, 0.2) is 5.65 Å². The Bertz CT molecular complexity index is 1050. The van der Waals surface area contributed by atoms with Gasteiger partial charge in [0.1, 0.15) is 0 Å². The van der Waals surface area contributed by atoms with E-state index in [4.69, 9.17) is 0 Å². The second-order valence-corrected chi connectivity index (χ2v) is 6.58. The predicted molar refractivity (Wildman–Crippen MR) is 94.3 cm³/mol. The standard InChI is InChI=1S/C19H18N4O3/c1-11-7-17-20-9-16(12(2)23(17)21-11)18(24)22-6-5-13-3-4-14(19(25)26)8-15(13)10-22/h3-4,7-9H,5-6,10H2,1-2H3,(H,25,26). The van der Waals surface area contributed by atoms with Gasteiger partial charge in [-0.2, -0.15) is 5.10 Å². The lowest BCUT2D eigenvalue weighted by Crippen LogP contribution is -2.36. The molecule has 0 spiro atoms. The molecule has 0 fully saturated rings. The van der Waals surface area contributed by atoms with Crippen LogP contribution < -0.4 is 0 Å². The van der Waals surface area contributed by atoms with Gasteiger partial charge in [-0.3, -0.25) is 4.79 Å². The maximum Gasteiger partial charge on any atom is 0.335 e. The van der Waals surface area contributed by atoms with E-state index in [1.165, 1.54) is 0 Å². The van der Waals surface area contributed by atoms with Crippen LogP contribution in [0.5, 0.6) is 0 Å². The number of fused-ring (bicyclic) bond motifs is 2. The summed E-state index contributed by atoms with van der Waals surface area (Å²) in [5.41, 5.74) is 5.03. The van der Waals surface area contributed by atoms with Crippen molar-refractivity contribution in [1.82, 2.24) is 19.5 Å². The van der Waals surface area contributed by atoms with Crippen molar-refractivity contribution >= 4 is 17.5 Å². The van der Waals surface area contributed by atoms with Gasteiger partial charge in [0.25, 0.3) is 5.91 Å². The van der Waals surface area contributed by atoms with Crippen molar-refractivity contribution in [1.29, 1.82) is 0 Å². The molecule has 7 nitrogen and oxygen atoms in total. The summed E-state index contributed by atoms with van der Waals surface area (Å²) in [6.07, 6.45) is 2.30. The van der Waals surface area contributed by atoms with Crippen molar-refractivity contribution in [3.8, 4) is 0 Å². The van der Waals surface area contributed by atoms with E-state index >= 15 is 0 Å². The van der Waals surface area contributed by atoms with E-state index in [-0.39, 0.29) is 11.5 Å². The molecule has 3 heterocycles. The van der Waals surface area contributed by atoms with Gasteiger partial charge in [-0.1, -0.05) is 6.07 Å². The highest BCUT2D eigenvalue weighted by atomic mass is 16.4. The summed E-state index contributed by atoms with van der Waals surface area (Å²) in [4.78, 5) is 30.3. The van der Waals surface area contributed by atoms with Crippen molar-refractivity contribution in [2.45, 2.75) is 26.8 Å². The fourth-order valence-corrected chi connectivity index (χ4v) is 3.41. The first kappa shape index (κ1) is 16.3. The molecule has 0 radical (unpaired) electrons. The first-order valence-corrected chi connectivity index (χ1v) is 8.40. The van der Waals surface area contributed by atoms with Crippen LogP contribution in [0.4, 0.5) is 0 Å². The topological polar surface area (TPSA) is 87.8 Å². The lowest BCUT2D eigenvalue weighted by atomic mass is 9.97. The summed E-state index contributed by atoms with van der Waals surface area (Å²) >= 11 is 0. The number of carbonyl (C=O) groups is 2. The average Bonchev–Trinajstić information content (AvgIpc) is 3.02. The molecule has 1 aliphatic rings. The molecule has 0 atom stereocenters. The van der Waals surface area contributed by atoms with Crippen molar-refractivity contribution in [2.24, 2.45) is 0 Å². The van der Waals surface area contributed by atoms with Crippen LogP contribution in [-0.4, -0.2) is 43.0 Å². The Kier molecular flexibility index (Phi) is 3.72. The maximum absolute atomic E-state index is 13.0. The monoisotopic (exact) mass is 350 g/mol. The summed E-state index contributed by atoms with van der Waals surface area (Å²) < 4.78 is 1.68. The third kappa shape index (κ3) is 2.61. The maximum atomic E-state index is 13.0. The Morgan fingerprint density at radius 2 is 1.96 bits per heavy atom. The Morgan fingerprint density at radius 1 is 1.15 bits per heavy atom. The quantitative estimate of drug-likeness (QED) is 0.766. The van der Waals surface area contributed by atoms with Crippen LogP contribution in [0.15, 0.2) is 30.5 Å². The highest BCUT2D eigenvalue weighted by Gasteiger charge is 2.25. The number of carbonyl (C=O) groups excluding carboxylic acids is 1. The summed E-state index contributed by atoms with van der Waals surface area (Å²) in [6, 6.07) is 6.97. The van der Waals surface area contributed by atoms with E-state index in [2.05, 4.69) is 10.1 Å². The zero-order chi connectivity index (χ0) is 18.4. The Morgan fingerprint density at radius 3 is 2.73 bits per heavy atom. The van der Waals surface area contributed by atoms with E-state index in [0.717, 1.165) is 22.5 Å². The normalized spacial score (nSPS) is 13.7. The fourth-order valence-electron chi connectivity index (χ4n) is 3.41. The number of carboxylic acids is 1. The molecule has 0 bridgehead atoms. The first-order valence-electron chi connectivity index (χ1n) is 8.40. The second kappa shape index (κ2) is 5.94. The zero-order valence-corrected chi connectivity index (χ0v) is 14.6. The number of nitrogens with zero attached hydrogens (tertiary/aromatic N) is 4. The molecule has 26 heavy (non-hydrogen) atoms. The third-order valence-electron chi connectivity index (χ3n) is 4.83. The number of hydrogen-bond donors (Lipinski definition) is 1. The van der Waals surface area contributed by atoms with Crippen molar-refractivity contribution < 1.29 is 14.7 Å². The van der Waals surface area contributed by atoms with Crippen LogP contribution in [0.2, 0.25) is 0 Å². The molecule has 1 aliphatic heterocycles. The highest BCUT2D eigenvalue weighted by Crippen LogP contribution is 2.23. The van der Waals surface area contributed by atoms with E-state index in [9.17, 15) is 14.7 Å². The summed E-state index contributed by atoms with van der Waals surface area (Å²) in [5.74, 6) is -1.08. The summed E-state index contributed by atoms with van der Waals surface area (Å²) in [7, 11) is 0. The molecule has 4 rings (SSSR count). The Balaban J connectivity index is 1.66. The highest BCUT2D eigenvalue weighted by molar-refractivity contribution is 5.95. The molecule has 0 aliphatic carbocycles. The number of amides is 1. The molecule has 1 aromatic carbocycles. The molecule has 2 aromatic heterocycles. The van der Waals surface area contributed by atoms with Crippen LogP contribution in [0, 0.1) is 13.8 Å². The second-order valence-electron chi connectivity index (χ2n) is 6.58. The minimum absolute atomic E-state index is 0.114. The van der Waals surface area contributed by atoms with Gasteiger partial charge in [-0.05, 0) is 43.5 Å². The molecule has 0 saturated carbocycles. The summed E-state index contributed by atoms with van der Waals surface area (Å²) in [6.45, 7) is 4.73. The zero-order valence-electron chi connectivity index (χ0n) is 14.6. The minimum atomic E-state index is -0.962. The molecule has 0 unspecified atom stereocenters. The van der Waals surface area contributed by atoms with Crippen LogP contribution in [0.1, 0.15) is 43.2 Å². The van der Waals surface area contributed by atoms with Gasteiger partial charge in [0.2, 0.25) is 0 Å². The fraction of sp³-hybridized carbons (Fsp3) is 0.263. The van der Waals surface area contributed by atoms with Gasteiger partial charge in [-0.15, -0.1) is 0 Å². The molecular formula is C19H18N4O3. The lowest BCUT2D eigenvalue weighted by Gasteiger charge is -2.29. The smallest absolute Gasteiger partial charge is 0.335 e. The molecule has 7 heteroatoms. The van der Waals surface area contributed by atoms with E-state index < -0.39 is 5.97 Å². The molecule has 3 aromatic rings. The number of rotatable bonds is 2. The van der Waals surface area contributed by atoms with Gasteiger partial charge < -0.3 is 10.0 Å². The van der Waals surface area contributed by atoms with Gasteiger partial charge >= 0.3 is 5.97 Å².